The Hall–Kier alpha value is -9.88. The SMILES string of the molecule is N#Cc1ccccc1N(c1c(F)cc(-c2ccccc2)cc1-c1ccccc1)c1ccc2ccc3c(N(c4ccccc4C#N)c4c(F)cc(-c5ccccc5)cc4-c4ccccc4)ccc4ccc1c2c43. The normalized spacial score (nSPS) is 11.2. The Bertz CT molecular complexity index is 3820. The van der Waals surface area contributed by atoms with Gasteiger partial charge < -0.3 is 9.80 Å². The average Bonchev–Trinajstić information content (AvgIpc) is 3.44. The Labute approximate surface area is 415 Å². The molecule has 0 aromatic heterocycles. The molecule has 0 heterocycles. The first-order valence-electron chi connectivity index (χ1n) is 23.7. The molecule has 72 heavy (non-hydrogen) atoms. The first-order valence-corrected chi connectivity index (χ1v) is 23.7. The van der Waals surface area contributed by atoms with Crippen molar-refractivity contribution in [1.29, 1.82) is 10.5 Å². The molecule has 0 amide bonds. The summed E-state index contributed by atoms with van der Waals surface area (Å²) in [7, 11) is 0. The summed E-state index contributed by atoms with van der Waals surface area (Å²) in [6.45, 7) is 0. The van der Waals surface area contributed by atoms with Gasteiger partial charge in [0.25, 0.3) is 0 Å². The molecule has 0 N–H and O–H groups in total. The molecule has 338 valence electrons. The minimum Gasteiger partial charge on any atom is -0.305 e. The van der Waals surface area contributed by atoms with Crippen molar-refractivity contribution in [2.75, 3.05) is 9.80 Å². The topological polar surface area (TPSA) is 54.1 Å². The largest absolute Gasteiger partial charge is 0.305 e. The fraction of sp³-hybridized carbons (Fsp3) is 0. The summed E-state index contributed by atoms with van der Waals surface area (Å²) in [4.78, 5) is 3.78. The molecule has 0 saturated carbocycles. The van der Waals surface area contributed by atoms with Gasteiger partial charge in [-0.3, -0.25) is 0 Å². The number of benzene rings is 12. The van der Waals surface area contributed by atoms with Gasteiger partial charge in [0.1, 0.15) is 23.8 Å². The second-order valence-corrected chi connectivity index (χ2v) is 17.7. The zero-order valence-electron chi connectivity index (χ0n) is 38.6. The van der Waals surface area contributed by atoms with Gasteiger partial charge in [-0.05, 0) is 116 Å². The van der Waals surface area contributed by atoms with Gasteiger partial charge in [0.15, 0.2) is 0 Å². The van der Waals surface area contributed by atoms with Crippen molar-refractivity contribution in [2.45, 2.75) is 0 Å². The quantitative estimate of drug-likeness (QED) is 0.128. The van der Waals surface area contributed by atoms with Crippen LogP contribution in [0.2, 0.25) is 0 Å². The molecule has 0 bridgehead atoms. The second-order valence-electron chi connectivity index (χ2n) is 17.7. The number of anilines is 6. The Morgan fingerprint density at radius 1 is 0.306 bits per heavy atom. The molecule has 12 aromatic rings. The van der Waals surface area contributed by atoms with Gasteiger partial charge in [0, 0.05) is 21.9 Å². The van der Waals surface area contributed by atoms with Crippen LogP contribution < -0.4 is 9.80 Å². The highest BCUT2D eigenvalue weighted by atomic mass is 19.1. The van der Waals surface area contributed by atoms with E-state index in [0.717, 1.165) is 65.7 Å². The number of nitriles is 2. The fourth-order valence-corrected chi connectivity index (χ4v) is 10.4. The van der Waals surface area contributed by atoms with E-state index in [1.54, 1.807) is 24.3 Å². The van der Waals surface area contributed by atoms with Crippen LogP contribution in [0.3, 0.4) is 0 Å². The van der Waals surface area contributed by atoms with Gasteiger partial charge in [-0.1, -0.05) is 182 Å². The standard InChI is InChI=1S/C66H40F2N4/c67-57-39-51(43-17-5-1-6-18-43)37-55(45-21-9-3-10-22-45)65(57)71(59-27-15-13-25-49(59)41-69)61-35-31-47-30-34-54-62(36-32-48-29-33-53(61)63(47)64(48)54)72(60-28-16-14-26-50(60)42-70)66-56(46-23-11-4-12-24-46)38-52(40-58(66)68)44-19-7-2-8-20-44/h1-40H. The van der Waals surface area contributed by atoms with Crippen LogP contribution in [0, 0.1) is 34.3 Å². The van der Waals surface area contributed by atoms with E-state index in [1.165, 1.54) is 0 Å². The van der Waals surface area contributed by atoms with Crippen molar-refractivity contribution in [2.24, 2.45) is 0 Å². The van der Waals surface area contributed by atoms with E-state index in [4.69, 9.17) is 0 Å². The van der Waals surface area contributed by atoms with E-state index >= 15 is 8.78 Å². The lowest BCUT2D eigenvalue weighted by Gasteiger charge is -2.32. The molecule has 0 radical (unpaired) electrons. The summed E-state index contributed by atoms with van der Waals surface area (Å²) in [5, 5.41) is 26.7. The van der Waals surface area contributed by atoms with Gasteiger partial charge >= 0.3 is 0 Å². The smallest absolute Gasteiger partial charge is 0.148 e. The zero-order chi connectivity index (χ0) is 48.7. The van der Waals surface area contributed by atoms with E-state index in [1.807, 2.05) is 204 Å². The number of nitrogens with zero attached hydrogens (tertiary/aromatic N) is 4. The fourth-order valence-electron chi connectivity index (χ4n) is 10.4. The molecule has 0 atom stereocenters. The van der Waals surface area contributed by atoms with Gasteiger partial charge in [0.05, 0.1) is 45.3 Å². The highest BCUT2D eigenvalue weighted by Crippen LogP contribution is 2.52. The molecule has 0 aliphatic heterocycles. The second kappa shape index (κ2) is 18.2. The molecule has 0 unspecified atom stereocenters. The molecule has 0 saturated heterocycles. The van der Waals surface area contributed by atoms with Gasteiger partial charge in [-0.25, -0.2) is 8.78 Å². The van der Waals surface area contributed by atoms with E-state index in [0.29, 0.717) is 56.4 Å². The van der Waals surface area contributed by atoms with Gasteiger partial charge in [0.2, 0.25) is 0 Å². The van der Waals surface area contributed by atoms with E-state index < -0.39 is 11.6 Å². The summed E-state index contributed by atoms with van der Waals surface area (Å²) in [6.07, 6.45) is 0. The van der Waals surface area contributed by atoms with E-state index in [-0.39, 0.29) is 0 Å². The average molecular weight is 927 g/mol. The molecule has 6 heteroatoms. The maximum Gasteiger partial charge on any atom is 0.148 e. The molecule has 4 nitrogen and oxygen atoms in total. The minimum atomic E-state index is -0.461. The van der Waals surface area contributed by atoms with E-state index in [9.17, 15) is 10.5 Å². The number of rotatable bonds is 10. The van der Waals surface area contributed by atoms with Crippen molar-refractivity contribution < 1.29 is 8.78 Å². The molecule has 0 fully saturated rings. The number of para-hydroxylation sites is 2. The predicted octanol–water partition coefficient (Wildman–Crippen LogP) is 18.2. The van der Waals surface area contributed by atoms with E-state index in [2.05, 4.69) is 36.4 Å². The monoisotopic (exact) mass is 926 g/mol. The van der Waals surface area contributed by atoms with Crippen LogP contribution in [0.5, 0.6) is 0 Å². The zero-order valence-corrected chi connectivity index (χ0v) is 38.6. The molecular formula is C66H40F2N4. The van der Waals surface area contributed by atoms with Crippen LogP contribution in [0.4, 0.5) is 42.9 Å². The molecule has 12 rings (SSSR count). The van der Waals surface area contributed by atoms with Crippen molar-refractivity contribution in [3.63, 3.8) is 0 Å². The van der Waals surface area contributed by atoms with Gasteiger partial charge in [-0.15, -0.1) is 0 Å². The lowest BCUT2D eigenvalue weighted by molar-refractivity contribution is 0.629. The first-order chi connectivity index (χ1) is 35.5. The molecule has 0 aliphatic carbocycles. The van der Waals surface area contributed by atoms with Crippen LogP contribution in [0.15, 0.2) is 243 Å². The maximum atomic E-state index is 17.8. The third-order valence-electron chi connectivity index (χ3n) is 13.6. The van der Waals surface area contributed by atoms with Crippen LogP contribution in [-0.2, 0) is 0 Å². The highest BCUT2D eigenvalue weighted by molar-refractivity contribution is 6.28. The number of halogens is 2. The third-order valence-corrected chi connectivity index (χ3v) is 13.6. The Balaban J connectivity index is 1.15. The minimum absolute atomic E-state index is 0.293. The van der Waals surface area contributed by atoms with Crippen molar-refractivity contribution in [1.82, 2.24) is 0 Å². The number of hydrogen-bond acceptors (Lipinski definition) is 4. The van der Waals surface area contributed by atoms with Gasteiger partial charge in [-0.2, -0.15) is 10.5 Å². The summed E-state index contributed by atoms with van der Waals surface area (Å²) in [5.41, 5.74) is 9.78. The van der Waals surface area contributed by atoms with Crippen molar-refractivity contribution >= 4 is 66.4 Å². The summed E-state index contributed by atoms with van der Waals surface area (Å²) in [6, 6.07) is 82.0. The Morgan fingerprint density at radius 3 is 1.01 bits per heavy atom. The lowest BCUT2D eigenvalue weighted by Crippen LogP contribution is -2.16. The molecule has 12 aromatic carbocycles. The lowest BCUT2D eigenvalue weighted by atomic mass is 9.90. The maximum absolute atomic E-state index is 17.8. The molecular weight excluding hydrogens is 887 g/mol. The van der Waals surface area contributed by atoms with Crippen molar-refractivity contribution in [3.8, 4) is 56.6 Å². The third kappa shape index (κ3) is 7.43. The van der Waals surface area contributed by atoms with Crippen LogP contribution in [-0.4, -0.2) is 0 Å². The highest BCUT2D eigenvalue weighted by Gasteiger charge is 2.29. The summed E-state index contributed by atoms with van der Waals surface area (Å²) < 4.78 is 35.6. The van der Waals surface area contributed by atoms with Crippen LogP contribution in [0.25, 0.3) is 76.8 Å². The first kappa shape index (κ1) is 43.4. The predicted molar refractivity (Wildman–Crippen MR) is 291 cm³/mol. The summed E-state index contributed by atoms with van der Waals surface area (Å²) in [5.74, 6) is -0.922. The Morgan fingerprint density at radius 2 is 0.639 bits per heavy atom. The molecule has 0 spiro atoms. The van der Waals surface area contributed by atoms with Crippen LogP contribution in [0.1, 0.15) is 11.1 Å². The van der Waals surface area contributed by atoms with Crippen molar-refractivity contribution in [3.05, 3.63) is 265 Å². The van der Waals surface area contributed by atoms with Crippen LogP contribution >= 0.6 is 0 Å². The summed E-state index contributed by atoms with van der Waals surface area (Å²) >= 11 is 0. The number of hydrogen-bond donors (Lipinski definition) is 0. The molecule has 0 aliphatic rings. The Kier molecular flexibility index (Phi) is 11.0.